The van der Waals surface area contributed by atoms with E-state index in [2.05, 4.69) is 4.90 Å². The van der Waals surface area contributed by atoms with Crippen molar-refractivity contribution in [3.05, 3.63) is 106 Å². The maximum atomic E-state index is 13.1. The number of likely N-dealkylation sites (tertiary alicyclic amines) is 1. The van der Waals surface area contributed by atoms with Gasteiger partial charge in [0.25, 0.3) is 15.8 Å². The van der Waals surface area contributed by atoms with Crippen LogP contribution < -0.4 is 0 Å². The molecule has 1 aliphatic rings. The van der Waals surface area contributed by atoms with Gasteiger partial charge in [-0.1, -0.05) is 67.1 Å². The van der Waals surface area contributed by atoms with Crippen molar-refractivity contribution in [2.75, 3.05) is 7.05 Å². The van der Waals surface area contributed by atoms with Crippen LogP contribution in [0.1, 0.15) is 54.1 Å². The first-order chi connectivity index (χ1) is 17.7. The Balaban J connectivity index is 0.00000400. The van der Waals surface area contributed by atoms with Crippen molar-refractivity contribution in [3.8, 4) is 0 Å². The van der Waals surface area contributed by atoms with Crippen LogP contribution in [-0.2, 0) is 14.3 Å². The molecular weight excluding hydrogens is 528 g/mol. The molecule has 4 rings (SSSR count). The fourth-order valence-electron chi connectivity index (χ4n) is 4.87. The zero-order valence-corrected chi connectivity index (χ0v) is 22.6. The number of non-ortho nitro benzene ring substituents is 1. The molecule has 0 saturated carbocycles. The van der Waals surface area contributed by atoms with Crippen LogP contribution in [0, 0.1) is 10.1 Å². The first kappa shape index (κ1) is 29.4. The predicted octanol–water partition coefficient (Wildman–Crippen LogP) is 5.98. The second-order valence-electron chi connectivity index (χ2n) is 9.33. The Bertz CT molecular complexity index is 1320. The molecule has 0 radical (unpaired) electrons. The Morgan fingerprint density at radius 3 is 2.16 bits per heavy atom. The molecule has 3 aromatic rings. The largest absolute Gasteiger partial charge is 0.300 e. The quantitative estimate of drug-likeness (QED) is 0.130. The van der Waals surface area contributed by atoms with Gasteiger partial charge in [-0.05, 0) is 44.0 Å². The Kier molecular flexibility index (Phi) is 10.2. The third kappa shape index (κ3) is 7.26. The number of nitrogens with zero attached hydrogens (tertiary/aromatic N) is 2. The number of piperidine rings is 1. The van der Waals surface area contributed by atoms with Gasteiger partial charge < -0.3 is 0 Å². The molecule has 3 aromatic carbocycles. The molecular formula is C28H31ClN2O6S. The maximum absolute atomic E-state index is 13.1. The number of benzene rings is 3. The lowest BCUT2D eigenvalue weighted by molar-refractivity contribution is -0.384. The molecule has 0 bridgehead atoms. The Hall–Kier alpha value is -3.11. The van der Waals surface area contributed by atoms with E-state index in [1.54, 1.807) is 0 Å². The van der Waals surface area contributed by atoms with E-state index >= 15 is 0 Å². The molecule has 202 valence electrons. The molecule has 0 amide bonds. The van der Waals surface area contributed by atoms with E-state index in [9.17, 15) is 23.3 Å². The van der Waals surface area contributed by atoms with Crippen molar-refractivity contribution in [3.63, 3.8) is 0 Å². The Morgan fingerprint density at radius 1 is 0.974 bits per heavy atom. The minimum Gasteiger partial charge on any atom is -0.300 e. The number of halogens is 1. The number of ketones is 1. The van der Waals surface area contributed by atoms with Crippen molar-refractivity contribution in [1.82, 2.24) is 4.90 Å². The normalized spacial score (nSPS) is 18.8. The summed E-state index contributed by atoms with van der Waals surface area (Å²) in [6.45, 7) is 0. The van der Waals surface area contributed by atoms with Gasteiger partial charge >= 0.3 is 0 Å². The summed E-state index contributed by atoms with van der Waals surface area (Å²) < 4.78 is 32.0. The summed E-state index contributed by atoms with van der Waals surface area (Å²) in [5.41, 5.74) is 1.22. The lowest BCUT2D eigenvalue weighted by Crippen LogP contribution is -2.45. The molecule has 0 N–H and O–H groups in total. The van der Waals surface area contributed by atoms with Crippen LogP contribution in [0.5, 0.6) is 0 Å². The van der Waals surface area contributed by atoms with Crippen LogP contribution >= 0.6 is 12.4 Å². The monoisotopic (exact) mass is 558 g/mol. The summed E-state index contributed by atoms with van der Waals surface area (Å²) in [6.07, 6.45) is 2.74. The molecule has 38 heavy (non-hydrogen) atoms. The lowest BCUT2D eigenvalue weighted by atomic mass is 9.88. The highest BCUT2D eigenvalue weighted by Crippen LogP contribution is 2.34. The summed E-state index contributed by atoms with van der Waals surface area (Å²) in [4.78, 5) is 25.3. The summed E-state index contributed by atoms with van der Waals surface area (Å²) in [7, 11) is -2.20. The van der Waals surface area contributed by atoms with Gasteiger partial charge in [-0.2, -0.15) is 8.42 Å². The maximum Gasteiger partial charge on any atom is 0.297 e. The summed E-state index contributed by atoms with van der Waals surface area (Å²) >= 11 is 0. The number of rotatable bonds is 10. The molecule has 0 aliphatic carbocycles. The summed E-state index contributed by atoms with van der Waals surface area (Å²) in [5, 5.41) is 10.9. The number of Topliss-reactive ketones (excluding diaryl/α,β-unsaturated/α-hetero) is 1. The van der Waals surface area contributed by atoms with Gasteiger partial charge in [-0.3, -0.25) is 24.0 Å². The zero-order valence-electron chi connectivity index (χ0n) is 21.0. The number of hydrogen-bond donors (Lipinski definition) is 0. The van der Waals surface area contributed by atoms with E-state index in [-0.39, 0.29) is 40.9 Å². The van der Waals surface area contributed by atoms with Crippen LogP contribution in [0.15, 0.2) is 89.8 Å². The van der Waals surface area contributed by atoms with Crippen LogP contribution in [0.3, 0.4) is 0 Å². The van der Waals surface area contributed by atoms with Gasteiger partial charge in [0.15, 0.2) is 5.78 Å². The van der Waals surface area contributed by atoms with Crippen LogP contribution in [0.25, 0.3) is 0 Å². The third-order valence-electron chi connectivity index (χ3n) is 6.98. The second-order valence-corrected chi connectivity index (χ2v) is 10.9. The van der Waals surface area contributed by atoms with E-state index in [0.29, 0.717) is 18.4 Å². The first-order valence-corrected chi connectivity index (χ1v) is 13.7. The van der Waals surface area contributed by atoms with Crippen molar-refractivity contribution in [2.45, 2.75) is 55.2 Å². The first-order valence-electron chi connectivity index (χ1n) is 12.3. The average Bonchev–Trinajstić information content (AvgIpc) is 2.91. The number of carbonyl (C=O) groups is 1. The molecule has 0 aromatic heterocycles. The minimum absolute atomic E-state index is 0. The average molecular weight is 559 g/mol. The molecule has 0 spiro atoms. The third-order valence-corrected chi connectivity index (χ3v) is 8.32. The lowest BCUT2D eigenvalue weighted by Gasteiger charge is -2.40. The minimum atomic E-state index is -4.18. The highest BCUT2D eigenvalue weighted by Gasteiger charge is 2.33. The SMILES string of the molecule is CN1[C@@H](CC(=O)c2ccccc2)CCC[C@H]1C[C@H](OS(=O)(=O)c1ccc([N+](=O)[O-])cc1)c1ccccc1.Cl. The number of nitro benzene ring substituents is 1. The smallest absolute Gasteiger partial charge is 0.297 e. The molecule has 1 heterocycles. The molecule has 10 heteroatoms. The molecule has 1 aliphatic heterocycles. The Labute approximate surface area is 229 Å². The fourth-order valence-corrected chi connectivity index (χ4v) is 5.95. The molecule has 1 saturated heterocycles. The van der Waals surface area contributed by atoms with E-state index < -0.39 is 21.1 Å². The molecule has 8 nitrogen and oxygen atoms in total. The van der Waals surface area contributed by atoms with E-state index in [4.69, 9.17) is 4.18 Å². The fraction of sp³-hybridized carbons (Fsp3) is 0.321. The highest BCUT2D eigenvalue weighted by molar-refractivity contribution is 7.86. The van der Waals surface area contributed by atoms with Crippen LogP contribution in [0.2, 0.25) is 0 Å². The second kappa shape index (κ2) is 13.1. The van der Waals surface area contributed by atoms with Gasteiger partial charge in [-0.15, -0.1) is 12.4 Å². The van der Waals surface area contributed by atoms with Gasteiger partial charge in [0, 0.05) is 36.2 Å². The van der Waals surface area contributed by atoms with Gasteiger partial charge in [0.05, 0.1) is 9.82 Å². The van der Waals surface area contributed by atoms with Gasteiger partial charge in [-0.25, -0.2) is 0 Å². The summed E-state index contributed by atoms with van der Waals surface area (Å²) in [6, 6.07) is 23.1. The van der Waals surface area contributed by atoms with E-state index in [1.165, 1.54) is 12.1 Å². The predicted molar refractivity (Wildman–Crippen MR) is 147 cm³/mol. The van der Waals surface area contributed by atoms with Crippen molar-refractivity contribution in [1.29, 1.82) is 0 Å². The molecule has 0 unspecified atom stereocenters. The standard InChI is InChI=1S/C28H30N2O6S.ClH/c1-29-24(19-27(31)21-9-4-2-5-10-21)13-8-14-25(29)20-28(22-11-6-3-7-12-22)36-37(34,35)26-17-15-23(16-18-26)30(32)33;/h2-7,9-12,15-18,24-25,28H,8,13-14,19-20H2,1H3;1H/t24-,25+,28+;/m1./s1. The van der Waals surface area contributed by atoms with Crippen molar-refractivity contribution in [2.24, 2.45) is 0 Å². The van der Waals surface area contributed by atoms with Crippen molar-refractivity contribution >= 4 is 34.0 Å². The number of carbonyl (C=O) groups excluding carboxylic acids is 1. The van der Waals surface area contributed by atoms with Crippen molar-refractivity contribution < 1.29 is 22.3 Å². The van der Waals surface area contributed by atoms with Crippen LogP contribution in [0.4, 0.5) is 5.69 Å². The van der Waals surface area contributed by atoms with Crippen LogP contribution in [-0.4, -0.2) is 43.2 Å². The molecule has 3 atom stereocenters. The number of hydrogen-bond acceptors (Lipinski definition) is 7. The highest BCUT2D eigenvalue weighted by atomic mass is 35.5. The topological polar surface area (TPSA) is 107 Å². The number of nitro groups is 1. The zero-order chi connectivity index (χ0) is 26.4. The van der Waals surface area contributed by atoms with Gasteiger partial charge in [0.1, 0.15) is 6.10 Å². The summed E-state index contributed by atoms with van der Waals surface area (Å²) in [5.74, 6) is 0.0923. The van der Waals surface area contributed by atoms with E-state index in [1.807, 2.05) is 67.7 Å². The van der Waals surface area contributed by atoms with E-state index in [0.717, 1.165) is 37.0 Å². The molecule has 1 fully saturated rings. The van der Waals surface area contributed by atoms with Gasteiger partial charge in [0.2, 0.25) is 0 Å². The Morgan fingerprint density at radius 2 is 1.55 bits per heavy atom.